The summed E-state index contributed by atoms with van der Waals surface area (Å²) in [7, 11) is 0. The highest BCUT2D eigenvalue weighted by molar-refractivity contribution is 8.00. The van der Waals surface area contributed by atoms with Crippen LogP contribution >= 0.6 is 23.1 Å². The predicted molar refractivity (Wildman–Crippen MR) is 174 cm³/mol. The van der Waals surface area contributed by atoms with Gasteiger partial charge in [0, 0.05) is 17.7 Å². The van der Waals surface area contributed by atoms with Gasteiger partial charge in [-0.25, -0.2) is 0 Å². The van der Waals surface area contributed by atoms with Crippen molar-refractivity contribution in [1.29, 1.82) is 0 Å². The number of ether oxygens (including phenoxy) is 3. The topological polar surface area (TPSA) is 111 Å². The third-order valence-corrected chi connectivity index (χ3v) is 9.49. The number of amides is 1. The molecule has 1 N–H and O–H groups in total. The van der Waals surface area contributed by atoms with Crippen molar-refractivity contribution in [1.82, 2.24) is 10.2 Å². The van der Waals surface area contributed by atoms with Gasteiger partial charge < -0.3 is 19.3 Å². The number of aromatic nitrogens is 2. The largest absolute Gasteiger partial charge is 0.507 e. The number of carbonyl (C=O) groups is 2. The maximum atomic E-state index is 13.8. The average molecular weight is 642 g/mol. The molecule has 230 valence electrons. The second kappa shape index (κ2) is 13.2. The number of Topliss-reactive ketones (excluding diaryl/α,β-unsaturated/α-hetero) is 1. The smallest absolute Gasteiger partial charge is 0.301 e. The van der Waals surface area contributed by atoms with Crippen LogP contribution < -0.4 is 19.1 Å². The molecule has 1 saturated heterocycles. The Labute approximate surface area is 269 Å². The van der Waals surface area contributed by atoms with Crippen LogP contribution in [-0.2, 0) is 21.8 Å². The quantitative estimate of drug-likeness (QED) is 0.0475. The maximum Gasteiger partial charge on any atom is 0.301 e. The van der Waals surface area contributed by atoms with Crippen LogP contribution in [0.1, 0.15) is 42.1 Å². The van der Waals surface area contributed by atoms with Gasteiger partial charge in [-0.1, -0.05) is 72.2 Å². The lowest BCUT2D eigenvalue weighted by Gasteiger charge is -2.23. The van der Waals surface area contributed by atoms with Crippen LogP contribution in [-0.4, -0.2) is 46.3 Å². The van der Waals surface area contributed by atoms with Crippen molar-refractivity contribution in [2.75, 3.05) is 18.1 Å². The van der Waals surface area contributed by atoms with Crippen molar-refractivity contribution in [3.05, 3.63) is 107 Å². The molecule has 2 aliphatic heterocycles. The van der Waals surface area contributed by atoms with E-state index in [2.05, 4.69) is 16.8 Å². The van der Waals surface area contributed by atoms with Gasteiger partial charge in [-0.2, -0.15) is 0 Å². The molecule has 1 fully saturated rings. The van der Waals surface area contributed by atoms with Crippen LogP contribution in [0, 0.1) is 0 Å². The number of nitrogens with zero attached hydrogens (tertiary/aromatic N) is 3. The Hall–Kier alpha value is -4.61. The molecule has 2 aliphatic rings. The van der Waals surface area contributed by atoms with Crippen molar-refractivity contribution in [3.8, 4) is 17.2 Å². The summed E-state index contributed by atoms with van der Waals surface area (Å²) in [4.78, 5) is 28.8. The molecule has 0 saturated carbocycles. The minimum atomic E-state index is -0.999. The molecule has 0 bridgehead atoms. The Kier molecular flexibility index (Phi) is 8.90. The summed E-state index contributed by atoms with van der Waals surface area (Å²) >= 11 is 2.70. The molecule has 0 radical (unpaired) electrons. The summed E-state index contributed by atoms with van der Waals surface area (Å²) in [6.07, 6.45) is 2.31. The van der Waals surface area contributed by atoms with Gasteiger partial charge in [-0.3, -0.25) is 14.5 Å². The highest BCUT2D eigenvalue weighted by atomic mass is 32.2. The van der Waals surface area contributed by atoms with Gasteiger partial charge in [0.05, 0.1) is 18.2 Å². The summed E-state index contributed by atoms with van der Waals surface area (Å²) in [6, 6.07) is 19.4. The van der Waals surface area contributed by atoms with E-state index in [0.717, 1.165) is 16.9 Å². The molecule has 2 atom stereocenters. The average Bonchev–Trinajstić information content (AvgIpc) is 3.74. The molecular formula is C34H31N3O6S2. The standard InChI is InChI=1S/C34H31N3O6S2/c1-4-15-42-26-14-11-22(18-27(26)41-5-2)29-28(30(38)23-12-13-25-24(17-23)16-20(3)43-25)31(39)32(40)37(29)33-35-36-34(45-33)44-19-21-9-7-6-8-10-21/h4,6-14,17-18,20,29,38H,1,5,15-16,19H2,2-3H3/b30-28-. The van der Waals surface area contributed by atoms with Crippen molar-refractivity contribution < 1.29 is 28.9 Å². The van der Waals surface area contributed by atoms with Gasteiger partial charge >= 0.3 is 5.91 Å². The predicted octanol–water partition coefficient (Wildman–Crippen LogP) is 6.74. The Morgan fingerprint density at radius 1 is 1.11 bits per heavy atom. The van der Waals surface area contributed by atoms with E-state index in [-0.39, 0.29) is 29.2 Å². The Bertz CT molecular complexity index is 1790. The van der Waals surface area contributed by atoms with Crippen molar-refractivity contribution >= 4 is 45.7 Å². The van der Waals surface area contributed by atoms with E-state index >= 15 is 0 Å². The molecule has 2 unspecified atom stereocenters. The normalized spacial score (nSPS) is 18.5. The second-order valence-electron chi connectivity index (χ2n) is 10.5. The van der Waals surface area contributed by atoms with E-state index in [1.54, 1.807) is 42.5 Å². The number of aliphatic hydroxyl groups excluding tert-OH is 1. The summed E-state index contributed by atoms with van der Waals surface area (Å²) in [6.45, 7) is 8.16. The van der Waals surface area contributed by atoms with Gasteiger partial charge in [-0.15, -0.1) is 10.2 Å². The Balaban J connectivity index is 1.43. The SMILES string of the molecule is C=CCOc1ccc(C2/C(=C(/O)c3ccc4c(c3)CC(C)O4)C(=O)C(=O)N2c2nnc(SCc3ccccc3)s2)cc1OCC. The number of rotatable bonds is 11. The molecule has 0 aliphatic carbocycles. The molecule has 0 spiro atoms. The Morgan fingerprint density at radius 3 is 2.71 bits per heavy atom. The molecular weight excluding hydrogens is 611 g/mol. The zero-order valence-corrected chi connectivity index (χ0v) is 26.4. The fraction of sp³-hybridized carbons (Fsp3) is 0.235. The minimum absolute atomic E-state index is 0.00754. The number of benzene rings is 3. The van der Waals surface area contributed by atoms with Crippen molar-refractivity contribution in [2.45, 2.75) is 42.5 Å². The summed E-state index contributed by atoms with van der Waals surface area (Å²) in [5.74, 6) is 0.422. The van der Waals surface area contributed by atoms with Crippen LogP contribution in [0.5, 0.6) is 17.2 Å². The lowest BCUT2D eigenvalue weighted by Crippen LogP contribution is -2.29. The van der Waals surface area contributed by atoms with Gasteiger partial charge in [0.1, 0.15) is 24.2 Å². The number of hydrogen-bond acceptors (Lipinski definition) is 10. The van der Waals surface area contributed by atoms with Gasteiger partial charge in [-0.05, 0) is 60.9 Å². The zero-order valence-electron chi connectivity index (χ0n) is 24.8. The zero-order chi connectivity index (χ0) is 31.5. The molecule has 4 aromatic rings. The van der Waals surface area contributed by atoms with E-state index in [4.69, 9.17) is 14.2 Å². The van der Waals surface area contributed by atoms with E-state index in [1.807, 2.05) is 44.2 Å². The van der Waals surface area contributed by atoms with E-state index in [0.29, 0.717) is 45.7 Å². The van der Waals surface area contributed by atoms with E-state index in [9.17, 15) is 14.7 Å². The van der Waals surface area contributed by atoms with Crippen molar-refractivity contribution in [3.63, 3.8) is 0 Å². The lowest BCUT2D eigenvalue weighted by atomic mass is 9.94. The summed E-state index contributed by atoms with van der Waals surface area (Å²) in [5, 5.41) is 20.6. The molecule has 3 aromatic carbocycles. The molecule has 9 nitrogen and oxygen atoms in total. The number of ketones is 1. The van der Waals surface area contributed by atoms with Gasteiger partial charge in [0.2, 0.25) is 5.13 Å². The third-order valence-electron chi connectivity index (χ3n) is 7.36. The molecule has 11 heteroatoms. The first kappa shape index (κ1) is 30.4. The first-order chi connectivity index (χ1) is 21.9. The monoisotopic (exact) mass is 641 g/mol. The maximum absolute atomic E-state index is 13.8. The molecule has 6 rings (SSSR count). The van der Waals surface area contributed by atoms with Crippen LogP contribution in [0.2, 0.25) is 0 Å². The molecule has 3 heterocycles. The summed E-state index contributed by atoms with van der Waals surface area (Å²) < 4.78 is 18.1. The number of fused-ring (bicyclic) bond motifs is 1. The highest BCUT2D eigenvalue weighted by Gasteiger charge is 2.48. The second-order valence-corrected chi connectivity index (χ2v) is 12.7. The van der Waals surface area contributed by atoms with Gasteiger partial charge in [0.25, 0.3) is 5.78 Å². The molecule has 45 heavy (non-hydrogen) atoms. The van der Waals surface area contributed by atoms with Crippen molar-refractivity contribution in [2.24, 2.45) is 0 Å². The van der Waals surface area contributed by atoms with Crippen LogP contribution in [0.15, 0.2) is 89.3 Å². The third kappa shape index (κ3) is 6.18. The molecule has 1 amide bonds. The van der Waals surface area contributed by atoms with E-state index < -0.39 is 17.7 Å². The fourth-order valence-electron chi connectivity index (χ4n) is 5.38. The van der Waals surface area contributed by atoms with Crippen LogP contribution in [0.25, 0.3) is 5.76 Å². The summed E-state index contributed by atoms with van der Waals surface area (Å²) in [5.41, 5.74) is 2.95. The minimum Gasteiger partial charge on any atom is -0.507 e. The van der Waals surface area contributed by atoms with Crippen LogP contribution in [0.4, 0.5) is 5.13 Å². The number of carbonyl (C=O) groups excluding carboxylic acids is 2. The lowest BCUT2D eigenvalue weighted by molar-refractivity contribution is -0.132. The number of anilines is 1. The van der Waals surface area contributed by atoms with Crippen LogP contribution in [0.3, 0.4) is 0 Å². The molecule has 1 aromatic heterocycles. The number of thioether (sulfide) groups is 1. The van der Waals surface area contributed by atoms with Gasteiger partial charge in [0.15, 0.2) is 15.8 Å². The number of hydrogen-bond donors (Lipinski definition) is 1. The highest BCUT2D eigenvalue weighted by Crippen LogP contribution is 2.46. The first-order valence-corrected chi connectivity index (χ1v) is 16.3. The Morgan fingerprint density at radius 2 is 1.93 bits per heavy atom. The first-order valence-electron chi connectivity index (χ1n) is 14.5. The van der Waals surface area contributed by atoms with E-state index in [1.165, 1.54) is 28.0 Å². The fourth-order valence-corrected chi connectivity index (χ4v) is 7.20. The number of aliphatic hydroxyl groups is 1.